The molecule has 3 rings (SSSR count). The number of rotatable bonds is 4. The van der Waals surface area contributed by atoms with Crippen LogP contribution in [0.5, 0.6) is 11.5 Å². The fourth-order valence-electron chi connectivity index (χ4n) is 2.18. The second kappa shape index (κ2) is 6.11. The van der Waals surface area contributed by atoms with Crippen LogP contribution in [0, 0.1) is 0 Å². The van der Waals surface area contributed by atoms with Crippen LogP contribution in [-0.4, -0.2) is 44.1 Å². The minimum atomic E-state index is -0.194. The van der Waals surface area contributed by atoms with Gasteiger partial charge in [0.15, 0.2) is 11.5 Å². The molecular formula is C14H17N3O4. The van der Waals surface area contributed by atoms with E-state index >= 15 is 0 Å². The van der Waals surface area contributed by atoms with Crippen molar-refractivity contribution in [3.05, 3.63) is 24.1 Å². The van der Waals surface area contributed by atoms with E-state index in [0.29, 0.717) is 36.4 Å². The number of nitrogens with one attached hydrogen (secondary N) is 1. The van der Waals surface area contributed by atoms with E-state index in [1.54, 1.807) is 14.2 Å². The monoisotopic (exact) mass is 291 g/mol. The van der Waals surface area contributed by atoms with Crippen molar-refractivity contribution in [3.63, 3.8) is 0 Å². The largest absolute Gasteiger partial charge is 0.493 e. The lowest BCUT2D eigenvalue weighted by atomic mass is 10.2. The van der Waals surface area contributed by atoms with Crippen molar-refractivity contribution in [2.45, 2.75) is 6.10 Å². The normalized spacial score (nSPS) is 18.5. The molecule has 1 aromatic heterocycles. The molecule has 112 valence electrons. The topological polar surface area (TPSA) is 78.6 Å². The molecule has 7 nitrogen and oxygen atoms in total. The van der Waals surface area contributed by atoms with Crippen molar-refractivity contribution >= 4 is 0 Å². The Morgan fingerprint density at radius 2 is 2.10 bits per heavy atom. The van der Waals surface area contributed by atoms with Gasteiger partial charge in [0.25, 0.3) is 5.89 Å². The Kier molecular flexibility index (Phi) is 4.03. The Balaban J connectivity index is 1.85. The number of morpholine rings is 1. The first kappa shape index (κ1) is 13.8. The second-order valence-electron chi connectivity index (χ2n) is 4.59. The van der Waals surface area contributed by atoms with E-state index in [2.05, 4.69) is 15.5 Å². The van der Waals surface area contributed by atoms with Gasteiger partial charge in [0, 0.05) is 18.7 Å². The summed E-state index contributed by atoms with van der Waals surface area (Å²) < 4.78 is 21.4. The zero-order valence-corrected chi connectivity index (χ0v) is 12.0. The van der Waals surface area contributed by atoms with Gasteiger partial charge in [-0.2, -0.15) is 4.98 Å². The van der Waals surface area contributed by atoms with E-state index in [1.807, 2.05) is 18.2 Å². The zero-order chi connectivity index (χ0) is 14.7. The van der Waals surface area contributed by atoms with Crippen LogP contribution in [0.3, 0.4) is 0 Å². The molecule has 2 heterocycles. The standard InChI is InChI=1S/C14H17N3O4/c1-18-10-4-3-9(7-11(10)19-2)13-16-14(21-17-13)12-8-15-5-6-20-12/h3-4,7,12,15H,5-6,8H2,1-2H3. The summed E-state index contributed by atoms with van der Waals surface area (Å²) in [4.78, 5) is 4.40. The van der Waals surface area contributed by atoms with Crippen LogP contribution in [0.15, 0.2) is 22.7 Å². The highest BCUT2D eigenvalue weighted by Gasteiger charge is 2.22. The number of hydrogen-bond acceptors (Lipinski definition) is 7. The van der Waals surface area contributed by atoms with Crippen molar-refractivity contribution < 1.29 is 18.7 Å². The smallest absolute Gasteiger partial charge is 0.257 e. The fourth-order valence-corrected chi connectivity index (χ4v) is 2.18. The summed E-state index contributed by atoms with van der Waals surface area (Å²) in [5.74, 6) is 2.26. The van der Waals surface area contributed by atoms with Gasteiger partial charge in [0.05, 0.1) is 20.8 Å². The average Bonchev–Trinajstić information content (AvgIpc) is 3.05. The lowest BCUT2D eigenvalue weighted by Gasteiger charge is -2.19. The molecule has 1 fully saturated rings. The molecule has 21 heavy (non-hydrogen) atoms. The Bertz CT molecular complexity index is 608. The Hall–Kier alpha value is -2.12. The van der Waals surface area contributed by atoms with E-state index in [9.17, 15) is 0 Å². The van der Waals surface area contributed by atoms with Gasteiger partial charge in [-0.05, 0) is 18.2 Å². The minimum absolute atomic E-state index is 0.194. The summed E-state index contributed by atoms with van der Waals surface area (Å²) in [7, 11) is 3.18. The zero-order valence-electron chi connectivity index (χ0n) is 12.0. The summed E-state index contributed by atoms with van der Waals surface area (Å²) in [6, 6.07) is 5.48. The van der Waals surface area contributed by atoms with E-state index in [4.69, 9.17) is 18.7 Å². The number of ether oxygens (including phenoxy) is 3. The average molecular weight is 291 g/mol. The Morgan fingerprint density at radius 3 is 2.81 bits per heavy atom. The van der Waals surface area contributed by atoms with Crippen LogP contribution in [0.1, 0.15) is 12.0 Å². The second-order valence-corrected chi connectivity index (χ2v) is 4.59. The lowest BCUT2D eigenvalue weighted by Crippen LogP contribution is -2.33. The third-order valence-electron chi connectivity index (χ3n) is 3.29. The minimum Gasteiger partial charge on any atom is -0.493 e. The van der Waals surface area contributed by atoms with Gasteiger partial charge >= 0.3 is 0 Å². The molecule has 0 radical (unpaired) electrons. The molecule has 1 aliphatic rings. The van der Waals surface area contributed by atoms with Gasteiger partial charge in [-0.3, -0.25) is 0 Å². The summed E-state index contributed by atoms with van der Waals surface area (Å²) in [6.45, 7) is 2.15. The molecule has 2 aromatic rings. The van der Waals surface area contributed by atoms with E-state index < -0.39 is 0 Å². The van der Waals surface area contributed by atoms with Crippen LogP contribution in [0.2, 0.25) is 0 Å². The van der Waals surface area contributed by atoms with Crippen LogP contribution >= 0.6 is 0 Å². The molecule has 1 unspecified atom stereocenters. The highest BCUT2D eigenvalue weighted by Crippen LogP contribution is 2.31. The van der Waals surface area contributed by atoms with Crippen LogP contribution in [0.25, 0.3) is 11.4 Å². The van der Waals surface area contributed by atoms with Crippen molar-refractivity contribution in [2.75, 3.05) is 33.9 Å². The van der Waals surface area contributed by atoms with Crippen molar-refractivity contribution in [1.82, 2.24) is 15.5 Å². The third-order valence-corrected chi connectivity index (χ3v) is 3.29. The van der Waals surface area contributed by atoms with E-state index in [-0.39, 0.29) is 6.10 Å². The molecule has 0 bridgehead atoms. The van der Waals surface area contributed by atoms with Gasteiger partial charge in [-0.25, -0.2) is 0 Å². The number of benzene rings is 1. The summed E-state index contributed by atoms with van der Waals surface area (Å²) in [5.41, 5.74) is 0.798. The number of nitrogens with zero attached hydrogens (tertiary/aromatic N) is 2. The molecule has 7 heteroatoms. The Morgan fingerprint density at radius 1 is 1.24 bits per heavy atom. The molecule has 1 atom stereocenters. The van der Waals surface area contributed by atoms with Gasteiger partial charge in [0.1, 0.15) is 6.10 Å². The molecule has 0 saturated carbocycles. The van der Waals surface area contributed by atoms with Gasteiger partial charge in [0.2, 0.25) is 5.82 Å². The van der Waals surface area contributed by atoms with E-state index in [0.717, 1.165) is 12.1 Å². The van der Waals surface area contributed by atoms with Crippen LogP contribution in [-0.2, 0) is 4.74 Å². The molecule has 1 aliphatic heterocycles. The molecule has 1 saturated heterocycles. The first-order valence-corrected chi connectivity index (χ1v) is 6.70. The lowest BCUT2D eigenvalue weighted by molar-refractivity contribution is 0.00755. The summed E-state index contributed by atoms with van der Waals surface area (Å²) in [5, 5.41) is 7.23. The third kappa shape index (κ3) is 2.84. The van der Waals surface area contributed by atoms with Gasteiger partial charge < -0.3 is 24.1 Å². The predicted molar refractivity (Wildman–Crippen MR) is 74.4 cm³/mol. The van der Waals surface area contributed by atoms with Crippen molar-refractivity contribution in [2.24, 2.45) is 0 Å². The molecule has 1 N–H and O–H groups in total. The van der Waals surface area contributed by atoms with Gasteiger partial charge in [-0.1, -0.05) is 5.16 Å². The van der Waals surface area contributed by atoms with Crippen LogP contribution < -0.4 is 14.8 Å². The maximum Gasteiger partial charge on any atom is 0.257 e. The predicted octanol–water partition coefficient (Wildman–Crippen LogP) is 1.41. The molecular weight excluding hydrogens is 274 g/mol. The van der Waals surface area contributed by atoms with Crippen LogP contribution in [0.4, 0.5) is 0 Å². The SMILES string of the molecule is COc1ccc(-c2noc(C3CNCCO3)n2)cc1OC. The van der Waals surface area contributed by atoms with Gasteiger partial charge in [-0.15, -0.1) is 0 Å². The Labute approximate surface area is 122 Å². The fraction of sp³-hybridized carbons (Fsp3) is 0.429. The molecule has 0 amide bonds. The highest BCUT2D eigenvalue weighted by molar-refractivity contribution is 5.60. The highest BCUT2D eigenvalue weighted by atomic mass is 16.5. The summed E-state index contributed by atoms with van der Waals surface area (Å²) >= 11 is 0. The van der Waals surface area contributed by atoms with Crippen molar-refractivity contribution in [3.8, 4) is 22.9 Å². The number of hydrogen-bond donors (Lipinski definition) is 1. The number of aromatic nitrogens is 2. The maximum absolute atomic E-state index is 5.59. The van der Waals surface area contributed by atoms with Crippen molar-refractivity contribution in [1.29, 1.82) is 0 Å². The maximum atomic E-state index is 5.59. The quantitative estimate of drug-likeness (QED) is 0.912. The summed E-state index contributed by atoms with van der Waals surface area (Å²) in [6.07, 6.45) is -0.194. The molecule has 1 aromatic carbocycles. The first-order chi connectivity index (χ1) is 10.3. The van der Waals surface area contributed by atoms with E-state index in [1.165, 1.54) is 0 Å². The molecule has 0 spiro atoms. The first-order valence-electron chi connectivity index (χ1n) is 6.70. The number of methoxy groups -OCH3 is 2. The molecule has 0 aliphatic carbocycles.